The summed E-state index contributed by atoms with van der Waals surface area (Å²) >= 11 is 6.28. The van der Waals surface area contributed by atoms with E-state index in [1.165, 1.54) is 12.0 Å². The van der Waals surface area contributed by atoms with Gasteiger partial charge in [-0.25, -0.2) is 9.78 Å². The van der Waals surface area contributed by atoms with E-state index in [2.05, 4.69) is 9.97 Å². The molecule has 11 nitrogen and oxygen atoms in total. The van der Waals surface area contributed by atoms with Gasteiger partial charge in [0.15, 0.2) is 0 Å². The number of fused-ring (bicyclic) bond motifs is 1. The molecule has 2 aliphatic rings. The van der Waals surface area contributed by atoms with E-state index in [1.807, 2.05) is 24.3 Å². The number of hydrogen-bond acceptors (Lipinski definition) is 8. The molecule has 1 saturated heterocycles. The van der Waals surface area contributed by atoms with Gasteiger partial charge in [0.2, 0.25) is 11.1 Å². The molecule has 1 unspecified atom stereocenters. The number of ether oxygens (including phenoxy) is 1. The van der Waals surface area contributed by atoms with Crippen LogP contribution < -0.4 is 4.90 Å². The van der Waals surface area contributed by atoms with Gasteiger partial charge >= 0.3 is 17.7 Å². The van der Waals surface area contributed by atoms with Crippen LogP contribution in [0.1, 0.15) is 43.5 Å². The molecule has 0 saturated carbocycles. The van der Waals surface area contributed by atoms with Gasteiger partial charge in [0, 0.05) is 19.5 Å². The second kappa shape index (κ2) is 9.88. The van der Waals surface area contributed by atoms with Gasteiger partial charge in [0.1, 0.15) is 5.69 Å². The molecule has 4 rings (SSSR count). The van der Waals surface area contributed by atoms with Gasteiger partial charge in [-0.2, -0.15) is 4.98 Å². The van der Waals surface area contributed by atoms with Crippen molar-refractivity contribution < 1.29 is 24.4 Å². The average Bonchev–Trinajstić information content (AvgIpc) is 2.82. The van der Waals surface area contributed by atoms with Crippen molar-refractivity contribution in [3.63, 3.8) is 0 Å². The van der Waals surface area contributed by atoms with Gasteiger partial charge in [-0.3, -0.25) is 19.8 Å². The molecule has 0 spiro atoms. The highest BCUT2D eigenvalue weighted by atomic mass is 35.5. The first-order valence-electron chi connectivity index (χ1n) is 11.7. The molecular formula is C24H28ClN5O6. The second-order valence-corrected chi connectivity index (χ2v) is 9.76. The first kappa shape index (κ1) is 25.6. The zero-order valence-corrected chi connectivity index (χ0v) is 21.1. The van der Waals surface area contributed by atoms with E-state index in [4.69, 9.17) is 16.3 Å². The summed E-state index contributed by atoms with van der Waals surface area (Å²) in [6.45, 7) is 3.85. The number of benzene rings is 1. The van der Waals surface area contributed by atoms with Crippen molar-refractivity contribution in [3.05, 3.63) is 56.5 Å². The van der Waals surface area contributed by atoms with Gasteiger partial charge in [0.25, 0.3) is 0 Å². The molecule has 2 heterocycles. The maximum absolute atomic E-state index is 13.3. The number of carboxylic acid groups (broad SMARTS) is 1. The van der Waals surface area contributed by atoms with E-state index >= 15 is 0 Å². The molecule has 1 aromatic carbocycles. The van der Waals surface area contributed by atoms with Crippen LogP contribution in [0.4, 0.5) is 16.3 Å². The number of methoxy groups -OCH3 is 1. The Kier molecular flexibility index (Phi) is 7.03. The van der Waals surface area contributed by atoms with Crippen LogP contribution in [0.15, 0.2) is 24.3 Å². The number of piperazine rings is 1. The van der Waals surface area contributed by atoms with Gasteiger partial charge in [-0.05, 0) is 55.8 Å². The van der Waals surface area contributed by atoms with Gasteiger partial charge in [-0.15, -0.1) is 0 Å². The number of nitrogens with zero attached hydrogens (tertiary/aromatic N) is 5. The number of aryl methyl sites for hydroxylation is 1. The van der Waals surface area contributed by atoms with Crippen molar-refractivity contribution in [1.29, 1.82) is 0 Å². The predicted octanol–water partition coefficient (Wildman–Crippen LogP) is 3.61. The summed E-state index contributed by atoms with van der Waals surface area (Å²) in [6.07, 6.45) is 0.800. The van der Waals surface area contributed by atoms with Crippen LogP contribution in [0.25, 0.3) is 0 Å². The van der Waals surface area contributed by atoms with Gasteiger partial charge in [-0.1, -0.05) is 24.3 Å². The number of nitro groups is 1. The summed E-state index contributed by atoms with van der Waals surface area (Å²) in [5, 5.41) is 21.8. The maximum Gasteiger partial charge on any atom is 0.407 e. The molecule has 1 amide bonds. The standard InChI is InChI=1S/C24H28ClN5O6/c1-14-12-28(13-15(2)29(14)23(32)33)20-19(30(34)35)18(26-22(25)27-20)11-24(21(31)36-3)10-6-8-16-7-4-5-9-17(16)24/h4-5,7,9,14-15H,6,8,10-13H2,1-3H3,(H,32,33)/t14-,15+,24?. The van der Waals surface area contributed by atoms with Crippen LogP contribution in [0, 0.1) is 10.1 Å². The number of rotatable bonds is 5. The third kappa shape index (κ3) is 4.43. The van der Waals surface area contributed by atoms with Crippen molar-refractivity contribution in [2.75, 3.05) is 25.1 Å². The molecule has 3 atom stereocenters. The largest absolute Gasteiger partial charge is 0.468 e. The number of halogens is 1. The van der Waals surface area contributed by atoms with Gasteiger partial charge < -0.3 is 14.7 Å². The summed E-state index contributed by atoms with van der Waals surface area (Å²) in [7, 11) is 1.30. The normalized spacial score (nSPS) is 23.7. The molecule has 12 heteroatoms. The molecule has 1 fully saturated rings. The van der Waals surface area contributed by atoms with Gasteiger partial charge in [0.05, 0.1) is 29.5 Å². The Balaban J connectivity index is 1.83. The van der Waals surface area contributed by atoms with Crippen LogP contribution in [-0.4, -0.2) is 69.2 Å². The first-order valence-corrected chi connectivity index (χ1v) is 12.1. The van der Waals surface area contributed by atoms with Crippen LogP contribution in [0.3, 0.4) is 0 Å². The van der Waals surface area contributed by atoms with Crippen LogP contribution in [0.2, 0.25) is 5.28 Å². The smallest absolute Gasteiger partial charge is 0.407 e. The number of aromatic nitrogens is 2. The molecule has 1 aromatic heterocycles. The fourth-order valence-electron chi connectivity index (χ4n) is 5.73. The number of anilines is 1. The van der Waals surface area contributed by atoms with E-state index in [9.17, 15) is 24.8 Å². The monoisotopic (exact) mass is 517 g/mol. The zero-order valence-electron chi connectivity index (χ0n) is 20.3. The highest BCUT2D eigenvalue weighted by Gasteiger charge is 2.47. The Morgan fingerprint density at radius 1 is 1.25 bits per heavy atom. The topological polar surface area (TPSA) is 139 Å². The Labute approximate surface area is 213 Å². The molecule has 36 heavy (non-hydrogen) atoms. The van der Waals surface area contributed by atoms with Crippen molar-refractivity contribution in [3.8, 4) is 0 Å². The Morgan fingerprint density at radius 2 is 1.92 bits per heavy atom. The molecular weight excluding hydrogens is 490 g/mol. The van der Waals surface area contributed by atoms with E-state index in [1.54, 1.807) is 18.7 Å². The van der Waals surface area contributed by atoms with E-state index in [0.29, 0.717) is 12.8 Å². The lowest BCUT2D eigenvalue weighted by atomic mass is 9.67. The quantitative estimate of drug-likeness (QED) is 0.272. The van der Waals surface area contributed by atoms with Crippen molar-refractivity contribution >= 4 is 35.2 Å². The molecule has 0 radical (unpaired) electrons. The molecule has 192 valence electrons. The molecule has 2 aromatic rings. The maximum atomic E-state index is 13.3. The fraction of sp³-hybridized carbons (Fsp3) is 0.500. The van der Waals surface area contributed by atoms with Crippen molar-refractivity contribution in [2.45, 2.75) is 57.0 Å². The third-order valence-corrected chi connectivity index (χ3v) is 7.33. The number of carbonyl (C=O) groups is 2. The Morgan fingerprint density at radius 3 is 2.53 bits per heavy atom. The minimum absolute atomic E-state index is 0.0165. The lowest BCUT2D eigenvalue weighted by molar-refractivity contribution is -0.385. The summed E-state index contributed by atoms with van der Waals surface area (Å²) in [5.74, 6) is -0.472. The SMILES string of the molecule is COC(=O)C1(Cc2nc(Cl)nc(N3C[C@@H](C)N(C(=O)O)[C@@H](C)C3)c2[N+](=O)[O-])CCCc2ccccc21. The molecule has 0 bridgehead atoms. The number of carbonyl (C=O) groups excluding carboxylic acids is 1. The summed E-state index contributed by atoms with van der Waals surface area (Å²) in [4.78, 5) is 48.2. The highest BCUT2D eigenvalue weighted by Crippen LogP contribution is 2.43. The lowest BCUT2D eigenvalue weighted by Crippen LogP contribution is -2.58. The Hall–Kier alpha value is -3.47. The number of hydrogen-bond donors (Lipinski definition) is 1. The highest BCUT2D eigenvalue weighted by molar-refractivity contribution is 6.28. The summed E-state index contributed by atoms with van der Waals surface area (Å²) in [5.41, 5.74) is 0.300. The summed E-state index contributed by atoms with van der Waals surface area (Å²) < 4.78 is 5.20. The van der Waals surface area contributed by atoms with Crippen LogP contribution in [-0.2, 0) is 27.8 Å². The van der Waals surface area contributed by atoms with Crippen molar-refractivity contribution in [2.24, 2.45) is 0 Å². The lowest BCUT2D eigenvalue weighted by Gasteiger charge is -2.43. The minimum atomic E-state index is -1.16. The van der Waals surface area contributed by atoms with E-state index in [-0.39, 0.29) is 42.0 Å². The van der Waals surface area contributed by atoms with Crippen molar-refractivity contribution in [1.82, 2.24) is 14.9 Å². The van der Waals surface area contributed by atoms with Crippen LogP contribution in [0.5, 0.6) is 0 Å². The average molecular weight is 518 g/mol. The summed E-state index contributed by atoms with van der Waals surface area (Å²) in [6, 6.07) is 6.66. The number of esters is 1. The Bertz CT molecular complexity index is 1200. The zero-order chi connectivity index (χ0) is 26.2. The molecule has 1 aliphatic heterocycles. The third-order valence-electron chi connectivity index (χ3n) is 7.16. The van der Waals surface area contributed by atoms with E-state index < -0.39 is 34.5 Å². The second-order valence-electron chi connectivity index (χ2n) is 9.42. The molecule has 1 aliphatic carbocycles. The molecule has 1 N–H and O–H groups in total. The predicted molar refractivity (Wildman–Crippen MR) is 131 cm³/mol. The first-order chi connectivity index (χ1) is 17.1. The van der Waals surface area contributed by atoms with Crippen LogP contribution >= 0.6 is 11.6 Å². The fourth-order valence-corrected chi connectivity index (χ4v) is 5.91. The number of amides is 1. The minimum Gasteiger partial charge on any atom is -0.468 e. The van der Waals surface area contributed by atoms with E-state index in [0.717, 1.165) is 17.5 Å².